The van der Waals surface area contributed by atoms with Gasteiger partial charge in [0.15, 0.2) is 18.4 Å². The first kappa shape index (κ1) is 100. The van der Waals surface area contributed by atoms with Crippen molar-refractivity contribution in [2.45, 2.75) is 359 Å². The van der Waals surface area contributed by atoms with Gasteiger partial charge in [0, 0.05) is 29.9 Å². The molecule has 2 aliphatic heterocycles. The molecule has 118 heavy (non-hydrogen) atoms. The molecular weight excluding hydrogens is 1490 g/mol. The Kier molecular flexibility index (Phi) is 52.7. The largest absolute Gasteiger partial charge is 0.394 e. The summed E-state index contributed by atoms with van der Waals surface area (Å²) in [6.07, 6.45) is 25.9. The minimum Gasteiger partial charge on any atom is -0.394 e. The number of benzene rings is 5. The summed E-state index contributed by atoms with van der Waals surface area (Å²) in [5, 5.41) is 71.0. The molecule has 0 aliphatic carbocycles. The van der Waals surface area contributed by atoms with Crippen LogP contribution in [0.15, 0.2) is 152 Å². The number of hydrogen-bond acceptors (Lipinski definition) is 17. The lowest BCUT2D eigenvalue weighted by atomic mass is 9.79. The van der Waals surface area contributed by atoms with E-state index in [2.05, 4.69) is 74.8 Å². The summed E-state index contributed by atoms with van der Waals surface area (Å²) in [7, 11) is 0. The van der Waals surface area contributed by atoms with E-state index in [0.29, 0.717) is 51.3 Å². The molecule has 0 aromatic heterocycles. The standard InChI is InChI=1S/C57H80N2O7.C41H71NO10/c1-5-6-7-8-9-10-11-12-13-14-15-28-37-52(63-40-48-31-22-17-23-32-48)55(64-41-49-33-24-18-25-34-49)51(59-54(60)38-58-56(61)50-35-26-19-27-36-50)42-65-57-46(4)44(2)45(3)53(66-57)43-62-39-47-29-20-16-21-30-47;1-2-3-4-5-6-7-8-9-10-12-16-22-27-34(45)37(47)32(30-51-41-40(50)39(49)38(48)35(29-43)52-41)42-36(46)28-23-17-14-11-13-15-21-26-33(44)31-24-19-18-20-25-31/h16-27,29-36,44-46,51-53,55,57H,5-15,28,37-43H2,1-4H3,(H,58,61)(H,59,60);18-20,24-25,32,34-35,37-41,43,45,47-50H,2-17,21-23,26-30H2,1H3,(H,42,46)/t44-,45+,46?,51-,52+,53?,55-,57-;32-,34+,35?,37-,38-,39-,40?,41-/m00/s1. The van der Waals surface area contributed by atoms with Crippen LogP contribution in [0.4, 0.5) is 0 Å². The van der Waals surface area contributed by atoms with Crippen LogP contribution in [0.5, 0.6) is 0 Å². The number of amides is 3. The van der Waals surface area contributed by atoms with Gasteiger partial charge in [-0.1, -0.05) is 360 Å². The molecule has 20 nitrogen and oxygen atoms in total. The topological polar surface area (TPSA) is 290 Å². The molecule has 2 saturated heterocycles. The molecule has 2 fully saturated rings. The van der Waals surface area contributed by atoms with Crippen LogP contribution in [0.2, 0.25) is 0 Å². The number of carbonyl (C=O) groups excluding carboxylic acids is 4. The first-order chi connectivity index (χ1) is 57.5. The van der Waals surface area contributed by atoms with Gasteiger partial charge in [0.2, 0.25) is 11.8 Å². The summed E-state index contributed by atoms with van der Waals surface area (Å²) in [5.41, 5.74) is 4.43. The van der Waals surface area contributed by atoms with Crippen LogP contribution >= 0.6 is 0 Å². The number of carbonyl (C=O) groups is 4. The Labute approximate surface area is 707 Å². The predicted octanol–water partition coefficient (Wildman–Crippen LogP) is 17.5. The fraction of sp³-hybridized carbons (Fsp3) is 0.653. The van der Waals surface area contributed by atoms with Gasteiger partial charge in [-0.3, -0.25) is 19.2 Å². The van der Waals surface area contributed by atoms with Crippen molar-refractivity contribution >= 4 is 23.5 Å². The molecule has 0 saturated carbocycles. The fourth-order valence-corrected chi connectivity index (χ4v) is 15.6. The second kappa shape index (κ2) is 61.9. The van der Waals surface area contributed by atoms with Crippen molar-refractivity contribution < 1.29 is 83.0 Å². The van der Waals surface area contributed by atoms with Crippen LogP contribution in [0.1, 0.15) is 297 Å². The fourth-order valence-electron chi connectivity index (χ4n) is 15.6. The van der Waals surface area contributed by atoms with Gasteiger partial charge in [-0.05, 0) is 66.3 Å². The molecule has 2 heterocycles. The zero-order valence-electron chi connectivity index (χ0n) is 72.3. The molecule has 0 radical (unpaired) electrons. The summed E-state index contributed by atoms with van der Waals surface area (Å²) in [6.45, 7) is 11.7. The Balaban J connectivity index is 0.000000378. The van der Waals surface area contributed by atoms with Crippen molar-refractivity contribution in [2.24, 2.45) is 17.8 Å². The molecule has 2 aliphatic rings. The normalized spacial score (nSPS) is 20.8. The molecule has 20 heteroatoms. The van der Waals surface area contributed by atoms with E-state index in [1.807, 2.05) is 103 Å². The molecule has 5 aromatic carbocycles. The SMILES string of the molecule is CCCCCCCCCCCCCC[C@@H](O)[C@@H](O)[C@H](CO[C@H]1OC(CO)[C@H](O)[C@H](O)C1O)NC(=O)CCCCCCCCCC(=O)c1ccccc1.CCCCCCCCCCCCCC[C@@H](OCc1ccccc1)[C@@H](OCc1ccccc1)[C@H](CO[C@H]1OC(COCc2ccccc2)[C@H](C)[C@H](C)C1C)NC(=O)CNC(=O)c1ccccc1. The highest BCUT2D eigenvalue weighted by Crippen LogP contribution is 2.37. The summed E-state index contributed by atoms with van der Waals surface area (Å²) in [4.78, 5) is 52.3. The molecule has 9 N–H and O–H groups in total. The second-order valence-electron chi connectivity index (χ2n) is 33.2. The Bertz CT molecular complexity index is 3330. The summed E-state index contributed by atoms with van der Waals surface area (Å²) < 4.78 is 44.7. The molecule has 0 spiro atoms. The number of hydrogen-bond donors (Lipinski definition) is 9. The predicted molar refractivity (Wildman–Crippen MR) is 466 cm³/mol. The number of nitrogens with one attached hydrogen (secondary N) is 3. The number of ketones is 1. The van der Waals surface area contributed by atoms with E-state index in [9.17, 15) is 49.8 Å². The van der Waals surface area contributed by atoms with Gasteiger partial charge in [0.25, 0.3) is 5.91 Å². The summed E-state index contributed by atoms with van der Waals surface area (Å²) >= 11 is 0. The van der Waals surface area contributed by atoms with Gasteiger partial charge in [0.1, 0.15) is 36.6 Å². The molecule has 4 unspecified atom stereocenters. The van der Waals surface area contributed by atoms with E-state index in [1.54, 1.807) is 24.3 Å². The third-order valence-corrected chi connectivity index (χ3v) is 23.5. The summed E-state index contributed by atoms with van der Waals surface area (Å²) in [5.74, 6) is -0.203. The maximum Gasteiger partial charge on any atom is 0.251 e. The monoisotopic (exact) mass is 1640 g/mol. The van der Waals surface area contributed by atoms with Crippen LogP contribution in [-0.4, -0.2) is 167 Å². The zero-order valence-corrected chi connectivity index (χ0v) is 72.3. The second-order valence-corrected chi connectivity index (χ2v) is 33.2. The molecule has 0 bridgehead atoms. The Morgan fingerprint density at radius 3 is 1.34 bits per heavy atom. The lowest BCUT2D eigenvalue weighted by Gasteiger charge is -2.44. The van der Waals surface area contributed by atoms with Crippen molar-refractivity contribution in [2.75, 3.05) is 33.0 Å². The maximum atomic E-state index is 14.0. The van der Waals surface area contributed by atoms with Gasteiger partial charge in [-0.15, -0.1) is 0 Å². The number of aliphatic hydroxyl groups is 6. The molecule has 5 aromatic rings. The van der Waals surface area contributed by atoms with Crippen LogP contribution < -0.4 is 16.0 Å². The van der Waals surface area contributed by atoms with E-state index in [-0.39, 0.29) is 79.6 Å². The lowest BCUT2D eigenvalue weighted by molar-refractivity contribution is -0.303. The Hall–Kier alpha value is -6.34. The van der Waals surface area contributed by atoms with Gasteiger partial charge >= 0.3 is 0 Å². The quantitative estimate of drug-likeness (QED) is 0.0129. The number of Topliss-reactive ketones (excluding diaryl/α,β-unsaturated/α-hetero) is 1. The zero-order chi connectivity index (χ0) is 84.6. The number of ether oxygens (including phenoxy) is 7. The van der Waals surface area contributed by atoms with Crippen LogP contribution in [-0.2, 0) is 62.6 Å². The third kappa shape index (κ3) is 40.6. The maximum absolute atomic E-state index is 14.0. The van der Waals surface area contributed by atoms with Crippen LogP contribution in [0.25, 0.3) is 0 Å². The van der Waals surface area contributed by atoms with Crippen molar-refractivity contribution in [3.63, 3.8) is 0 Å². The molecular formula is C98H151N3O17. The van der Waals surface area contributed by atoms with Gasteiger partial charge < -0.3 is 79.7 Å². The van der Waals surface area contributed by atoms with Crippen molar-refractivity contribution in [1.82, 2.24) is 16.0 Å². The first-order valence-electron chi connectivity index (χ1n) is 45.5. The smallest absolute Gasteiger partial charge is 0.251 e. The highest BCUT2D eigenvalue weighted by molar-refractivity contribution is 5.96. The molecule has 7 rings (SSSR count). The van der Waals surface area contributed by atoms with Gasteiger partial charge in [-0.25, -0.2) is 0 Å². The molecule has 3 amide bonds. The van der Waals surface area contributed by atoms with E-state index < -0.39 is 74.0 Å². The number of unbranched alkanes of at least 4 members (excludes halogenated alkanes) is 28. The highest BCUT2D eigenvalue weighted by Gasteiger charge is 2.45. The van der Waals surface area contributed by atoms with Crippen LogP contribution in [0, 0.1) is 17.8 Å². The van der Waals surface area contributed by atoms with Crippen molar-refractivity contribution in [1.29, 1.82) is 0 Å². The van der Waals surface area contributed by atoms with E-state index in [0.717, 1.165) is 106 Å². The Morgan fingerprint density at radius 2 is 0.831 bits per heavy atom. The molecule has 660 valence electrons. The van der Waals surface area contributed by atoms with Crippen LogP contribution in [0.3, 0.4) is 0 Å². The average Bonchev–Trinajstić information content (AvgIpc) is 0.816. The molecule has 16 atom stereocenters. The van der Waals surface area contributed by atoms with Gasteiger partial charge in [-0.2, -0.15) is 0 Å². The number of aliphatic hydroxyl groups excluding tert-OH is 6. The highest BCUT2D eigenvalue weighted by atomic mass is 16.7. The van der Waals surface area contributed by atoms with E-state index >= 15 is 0 Å². The number of rotatable bonds is 63. The van der Waals surface area contributed by atoms with E-state index in [1.165, 1.54) is 116 Å². The minimum absolute atomic E-state index is 0.0711. The summed E-state index contributed by atoms with van der Waals surface area (Å²) in [6, 6.07) is 47.1. The average molecular weight is 1640 g/mol. The Morgan fingerprint density at radius 1 is 0.415 bits per heavy atom. The third-order valence-electron chi connectivity index (χ3n) is 23.5. The van der Waals surface area contributed by atoms with Crippen molar-refractivity contribution in [3.8, 4) is 0 Å². The van der Waals surface area contributed by atoms with E-state index in [4.69, 9.17) is 33.2 Å². The lowest BCUT2D eigenvalue weighted by Crippen LogP contribution is -2.60. The minimum atomic E-state index is -1.62. The van der Waals surface area contributed by atoms with Crippen molar-refractivity contribution in [3.05, 3.63) is 179 Å². The first-order valence-corrected chi connectivity index (χ1v) is 45.5. The van der Waals surface area contributed by atoms with Gasteiger partial charge in [0.05, 0.1) is 83.2 Å².